The molecule has 1 atom stereocenters. The molecule has 3 heteroatoms. The van der Waals surface area contributed by atoms with Gasteiger partial charge in [-0.25, -0.2) is 0 Å². The topological polar surface area (TPSA) is 24.9 Å². The van der Waals surface area contributed by atoms with Crippen molar-refractivity contribution in [1.82, 2.24) is 10.3 Å². The fourth-order valence-corrected chi connectivity index (χ4v) is 2.68. The molecule has 88 valence electrons. The van der Waals surface area contributed by atoms with Crippen LogP contribution in [-0.2, 0) is 6.54 Å². The molecule has 0 bridgehead atoms. The minimum Gasteiger partial charge on any atom is -0.308 e. The number of nitrogens with one attached hydrogen (secondary N) is 1. The highest BCUT2D eigenvalue weighted by atomic mass is 79.9. The van der Waals surface area contributed by atoms with E-state index in [0.717, 1.165) is 16.7 Å². The molecular weight excluding hydrogens is 264 g/mol. The summed E-state index contributed by atoms with van der Waals surface area (Å²) < 4.78 is 1.04. The molecule has 1 heterocycles. The lowest BCUT2D eigenvalue weighted by Gasteiger charge is -2.27. The molecule has 1 fully saturated rings. The standard InChI is InChI=1S/C13H19BrN2/c1-13(2)7-3-4-12(13)16-9-11-6-5-10(14)8-15-11/h5-6,8,12,16H,3-4,7,9H2,1-2H3. The van der Waals surface area contributed by atoms with E-state index in [0.29, 0.717) is 11.5 Å². The summed E-state index contributed by atoms with van der Waals surface area (Å²) in [5.41, 5.74) is 1.56. The first-order chi connectivity index (χ1) is 7.58. The van der Waals surface area contributed by atoms with E-state index in [4.69, 9.17) is 0 Å². The van der Waals surface area contributed by atoms with Crippen molar-refractivity contribution in [2.75, 3.05) is 0 Å². The van der Waals surface area contributed by atoms with Crippen LogP contribution in [-0.4, -0.2) is 11.0 Å². The molecule has 0 radical (unpaired) electrons. The molecule has 0 amide bonds. The van der Waals surface area contributed by atoms with Crippen LogP contribution >= 0.6 is 15.9 Å². The minimum atomic E-state index is 0.440. The number of aromatic nitrogens is 1. The van der Waals surface area contributed by atoms with Crippen molar-refractivity contribution in [2.45, 2.75) is 45.7 Å². The van der Waals surface area contributed by atoms with Crippen molar-refractivity contribution in [3.05, 3.63) is 28.5 Å². The van der Waals surface area contributed by atoms with Gasteiger partial charge in [0.05, 0.1) is 5.69 Å². The summed E-state index contributed by atoms with van der Waals surface area (Å²) in [4.78, 5) is 4.38. The fraction of sp³-hybridized carbons (Fsp3) is 0.615. The average molecular weight is 283 g/mol. The largest absolute Gasteiger partial charge is 0.308 e. The number of hydrogen-bond donors (Lipinski definition) is 1. The third-order valence-electron chi connectivity index (χ3n) is 3.58. The Balaban J connectivity index is 1.90. The van der Waals surface area contributed by atoms with Crippen LogP contribution in [0.5, 0.6) is 0 Å². The van der Waals surface area contributed by atoms with Gasteiger partial charge in [-0.05, 0) is 46.3 Å². The van der Waals surface area contributed by atoms with Crippen LogP contribution in [0.1, 0.15) is 38.8 Å². The highest BCUT2D eigenvalue weighted by Gasteiger charge is 2.33. The van der Waals surface area contributed by atoms with Gasteiger partial charge in [-0.15, -0.1) is 0 Å². The lowest BCUT2D eigenvalue weighted by atomic mass is 9.87. The Kier molecular flexibility index (Phi) is 3.65. The lowest BCUT2D eigenvalue weighted by molar-refractivity contribution is 0.282. The number of rotatable bonds is 3. The highest BCUT2D eigenvalue weighted by Crippen LogP contribution is 2.37. The first kappa shape index (κ1) is 12.1. The molecule has 0 aromatic carbocycles. The quantitative estimate of drug-likeness (QED) is 0.918. The molecule has 0 spiro atoms. The second-order valence-corrected chi connectivity index (χ2v) is 6.20. The van der Waals surface area contributed by atoms with Crippen LogP contribution in [0.4, 0.5) is 0 Å². The van der Waals surface area contributed by atoms with Crippen molar-refractivity contribution >= 4 is 15.9 Å². The van der Waals surface area contributed by atoms with Crippen molar-refractivity contribution in [1.29, 1.82) is 0 Å². The normalized spacial score (nSPS) is 23.6. The highest BCUT2D eigenvalue weighted by molar-refractivity contribution is 9.10. The van der Waals surface area contributed by atoms with Gasteiger partial charge < -0.3 is 5.32 Å². The molecule has 16 heavy (non-hydrogen) atoms. The minimum absolute atomic E-state index is 0.440. The Morgan fingerprint density at radius 2 is 2.31 bits per heavy atom. The van der Waals surface area contributed by atoms with Crippen LogP contribution in [0, 0.1) is 5.41 Å². The Labute approximate surface area is 106 Å². The van der Waals surface area contributed by atoms with Gasteiger partial charge >= 0.3 is 0 Å². The number of nitrogens with zero attached hydrogens (tertiary/aromatic N) is 1. The smallest absolute Gasteiger partial charge is 0.0542 e. The summed E-state index contributed by atoms with van der Waals surface area (Å²) in [7, 11) is 0. The number of pyridine rings is 1. The zero-order chi connectivity index (χ0) is 11.6. The van der Waals surface area contributed by atoms with Gasteiger partial charge in [0, 0.05) is 23.3 Å². The van der Waals surface area contributed by atoms with Gasteiger partial charge in [0.1, 0.15) is 0 Å². The third-order valence-corrected chi connectivity index (χ3v) is 4.04. The molecule has 1 saturated carbocycles. The molecule has 1 unspecified atom stereocenters. The van der Waals surface area contributed by atoms with Crippen molar-refractivity contribution in [3.8, 4) is 0 Å². The zero-order valence-corrected chi connectivity index (χ0v) is 11.5. The van der Waals surface area contributed by atoms with E-state index in [1.807, 2.05) is 12.3 Å². The first-order valence-corrected chi connectivity index (χ1v) is 6.71. The van der Waals surface area contributed by atoms with E-state index < -0.39 is 0 Å². The van der Waals surface area contributed by atoms with Crippen LogP contribution in [0.25, 0.3) is 0 Å². The summed E-state index contributed by atoms with van der Waals surface area (Å²) in [6, 6.07) is 4.75. The fourth-order valence-electron chi connectivity index (χ4n) is 2.44. The van der Waals surface area contributed by atoms with Crippen LogP contribution in [0.3, 0.4) is 0 Å². The van der Waals surface area contributed by atoms with Crippen molar-refractivity contribution in [3.63, 3.8) is 0 Å². The molecule has 0 aliphatic heterocycles. The van der Waals surface area contributed by atoms with Gasteiger partial charge in [0.25, 0.3) is 0 Å². The zero-order valence-electron chi connectivity index (χ0n) is 9.96. The SMILES string of the molecule is CC1(C)CCCC1NCc1ccc(Br)cn1. The molecule has 1 aromatic heterocycles. The summed E-state index contributed by atoms with van der Waals surface area (Å²) in [6.45, 7) is 5.58. The van der Waals surface area contributed by atoms with E-state index >= 15 is 0 Å². The van der Waals surface area contributed by atoms with E-state index in [9.17, 15) is 0 Å². The van der Waals surface area contributed by atoms with E-state index in [2.05, 4.69) is 46.1 Å². The Morgan fingerprint density at radius 3 is 2.88 bits per heavy atom. The maximum atomic E-state index is 4.38. The van der Waals surface area contributed by atoms with E-state index in [1.54, 1.807) is 0 Å². The Hall–Kier alpha value is -0.410. The van der Waals surface area contributed by atoms with Crippen LogP contribution < -0.4 is 5.32 Å². The molecular formula is C13H19BrN2. The molecule has 2 nitrogen and oxygen atoms in total. The summed E-state index contributed by atoms with van der Waals surface area (Å²) in [5, 5.41) is 3.63. The van der Waals surface area contributed by atoms with Gasteiger partial charge in [0.2, 0.25) is 0 Å². The molecule has 1 aliphatic rings. The third kappa shape index (κ3) is 2.83. The Bertz CT molecular complexity index is 345. The first-order valence-electron chi connectivity index (χ1n) is 5.92. The second kappa shape index (κ2) is 4.84. The average Bonchev–Trinajstić information content (AvgIpc) is 2.57. The lowest BCUT2D eigenvalue weighted by Crippen LogP contribution is -2.37. The molecule has 2 rings (SSSR count). The van der Waals surface area contributed by atoms with E-state index in [-0.39, 0.29) is 0 Å². The van der Waals surface area contributed by atoms with Gasteiger partial charge in [-0.1, -0.05) is 20.3 Å². The maximum Gasteiger partial charge on any atom is 0.0542 e. The molecule has 1 aromatic rings. The second-order valence-electron chi connectivity index (χ2n) is 5.28. The van der Waals surface area contributed by atoms with E-state index in [1.165, 1.54) is 19.3 Å². The van der Waals surface area contributed by atoms with Gasteiger partial charge in [-0.2, -0.15) is 0 Å². The number of halogens is 1. The molecule has 1 N–H and O–H groups in total. The molecule has 1 aliphatic carbocycles. The summed E-state index contributed by atoms with van der Waals surface area (Å²) in [5.74, 6) is 0. The summed E-state index contributed by atoms with van der Waals surface area (Å²) in [6.07, 6.45) is 5.83. The summed E-state index contributed by atoms with van der Waals surface area (Å²) >= 11 is 3.40. The van der Waals surface area contributed by atoms with Crippen LogP contribution in [0.15, 0.2) is 22.8 Å². The van der Waals surface area contributed by atoms with Crippen molar-refractivity contribution in [2.24, 2.45) is 5.41 Å². The van der Waals surface area contributed by atoms with Crippen LogP contribution in [0.2, 0.25) is 0 Å². The van der Waals surface area contributed by atoms with Gasteiger partial charge in [0.15, 0.2) is 0 Å². The van der Waals surface area contributed by atoms with Gasteiger partial charge in [-0.3, -0.25) is 4.98 Å². The monoisotopic (exact) mass is 282 g/mol. The number of hydrogen-bond acceptors (Lipinski definition) is 2. The van der Waals surface area contributed by atoms with Crippen molar-refractivity contribution < 1.29 is 0 Å². The maximum absolute atomic E-state index is 4.38. The predicted octanol–water partition coefficient (Wildman–Crippen LogP) is 3.51. The molecule has 0 saturated heterocycles. The Morgan fingerprint density at radius 1 is 1.50 bits per heavy atom. The predicted molar refractivity (Wildman–Crippen MR) is 70.2 cm³/mol.